The molecule has 0 bridgehead atoms. The highest BCUT2D eigenvalue weighted by atomic mass is 16.6. The van der Waals surface area contributed by atoms with Gasteiger partial charge in [0.15, 0.2) is 0 Å². The molecule has 0 N–H and O–H groups in total. The largest absolute Gasteiger partial charge is 0.366 e. The molecule has 0 aromatic rings. The van der Waals surface area contributed by atoms with E-state index in [9.17, 15) is 4.79 Å². The lowest BCUT2D eigenvalue weighted by molar-refractivity contribution is -0.121. The maximum absolute atomic E-state index is 12.6. The van der Waals surface area contributed by atoms with Gasteiger partial charge in [-0.3, -0.25) is 4.79 Å². The van der Waals surface area contributed by atoms with Crippen molar-refractivity contribution in [3.05, 3.63) is 35.5 Å². The van der Waals surface area contributed by atoms with Crippen molar-refractivity contribution >= 4 is 5.78 Å². The number of hydrogen-bond donors (Lipinski definition) is 0. The van der Waals surface area contributed by atoms with Crippen molar-refractivity contribution in [2.24, 2.45) is 5.92 Å². The lowest BCUT2D eigenvalue weighted by atomic mass is 9.85. The van der Waals surface area contributed by atoms with Crippen LogP contribution in [0.1, 0.15) is 66.2 Å². The third kappa shape index (κ3) is 4.42. The van der Waals surface area contributed by atoms with Crippen molar-refractivity contribution in [1.29, 1.82) is 0 Å². The summed E-state index contributed by atoms with van der Waals surface area (Å²) in [5, 5.41) is 0. The summed E-state index contributed by atoms with van der Waals surface area (Å²) in [4.78, 5) is 12.6. The summed E-state index contributed by atoms with van der Waals surface area (Å²) >= 11 is 0. The van der Waals surface area contributed by atoms with Gasteiger partial charge in [0.05, 0.1) is 11.7 Å². The first-order valence-electron chi connectivity index (χ1n) is 8.49. The van der Waals surface area contributed by atoms with Gasteiger partial charge in [0.25, 0.3) is 0 Å². The van der Waals surface area contributed by atoms with Crippen LogP contribution in [0.25, 0.3) is 0 Å². The Kier molecular flexibility index (Phi) is 5.44. The summed E-state index contributed by atoms with van der Waals surface area (Å²) in [6.45, 7) is 12.4. The smallest absolute Gasteiger partial charge is 0.144 e. The maximum Gasteiger partial charge on any atom is 0.144 e. The summed E-state index contributed by atoms with van der Waals surface area (Å²) in [6.07, 6.45) is 10.3. The topological polar surface area (TPSA) is 29.6 Å². The standard InChI is InChI=1S/C20H30O2/c1-14(2)17-13-19-20(5,22-19)11-7-10-15(3)8-6-9-16(4)12-18(17)21/h9-10,17,19H,1,6-8,11-13H2,2-5H3. The number of fused-ring (bicyclic) bond motifs is 1. The maximum atomic E-state index is 12.6. The molecule has 122 valence electrons. The highest BCUT2D eigenvalue weighted by molar-refractivity contribution is 5.85. The zero-order valence-corrected chi connectivity index (χ0v) is 14.6. The number of hydrogen-bond acceptors (Lipinski definition) is 2. The van der Waals surface area contributed by atoms with Crippen LogP contribution in [0.4, 0.5) is 0 Å². The molecule has 2 heteroatoms. The molecule has 2 nitrogen and oxygen atoms in total. The van der Waals surface area contributed by atoms with Crippen molar-refractivity contribution in [3.63, 3.8) is 0 Å². The highest BCUT2D eigenvalue weighted by Crippen LogP contribution is 2.45. The van der Waals surface area contributed by atoms with Crippen molar-refractivity contribution in [1.82, 2.24) is 0 Å². The Balaban J connectivity index is 2.14. The van der Waals surface area contributed by atoms with Crippen LogP contribution in [0.5, 0.6) is 0 Å². The quantitative estimate of drug-likeness (QED) is 0.495. The minimum atomic E-state index is -0.0598. The second-order valence-corrected chi connectivity index (χ2v) is 7.38. The molecular weight excluding hydrogens is 272 g/mol. The average Bonchev–Trinajstić information content (AvgIpc) is 3.05. The highest BCUT2D eigenvalue weighted by Gasteiger charge is 2.52. The number of ether oxygens (including phenoxy) is 1. The van der Waals surface area contributed by atoms with E-state index in [0.29, 0.717) is 12.2 Å². The van der Waals surface area contributed by atoms with E-state index in [0.717, 1.165) is 37.7 Å². The molecule has 0 radical (unpaired) electrons. The summed E-state index contributed by atoms with van der Waals surface area (Å²) in [5.74, 6) is 0.235. The first-order valence-corrected chi connectivity index (χ1v) is 8.49. The van der Waals surface area contributed by atoms with Gasteiger partial charge in [0.1, 0.15) is 5.78 Å². The van der Waals surface area contributed by atoms with Crippen LogP contribution in [0.2, 0.25) is 0 Å². The molecule has 1 aliphatic heterocycles. The van der Waals surface area contributed by atoms with Crippen molar-refractivity contribution in [2.45, 2.75) is 77.9 Å². The Labute approximate surface area is 135 Å². The molecule has 0 aromatic heterocycles. The Hall–Kier alpha value is -1.15. The number of carbonyl (C=O) groups excluding carboxylic acids is 1. The lowest BCUT2D eigenvalue weighted by Crippen LogP contribution is -2.21. The van der Waals surface area contributed by atoms with Crippen LogP contribution >= 0.6 is 0 Å². The van der Waals surface area contributed by atoms with E-state index in [2.05, 4.69) is 39.5 Å². The summed E-state index contributed by atoms with van der Waals surface area (Å²) in [5.41, 5.74) is 3.55. The van der Waals surface area contributed by atoms with E-state index in [1.165, 1.54) is 11.1 Å². The van der Waals surface area contributed by atoms with Gasteiger partial charge in [-0.25, -0.2) is 0 Å². The number of carbonyl (C=O) groups is 1. The van der Waals surface area contributed by atoms with Gasteiger partial charge in [-0.05, 0) is 59.8 Å². The van der Waals surface area contributed by atoms with Gasteiger partial charge in [0, 0.05) is 12.3 Å². The van der Waals surface area contributed by atoms with E-state index in [4.69, 9.17) is 4.74 Å². The molecule has 1 aliphatic carbocycles. The number of epoxide rings is 1. The number of allylic oxidation sites excluding steroid dienone is 5. The second-order valence-electron chi connectivity index (χ2n) is 7.38. The van der Waals surface area contributed by atoms with E-state index in [1.54, 1.807) is 0 Å². The van der Waals surface area contributed by atoms with Crippen molar-refractivity contribution in [3.8, 4) is 0 Å². The molecule has 22 heavy (non-hydrogen) atoms. The van der Waals surface area contributed by atoms with Gasteiger partial charge in [-0.2, -0.15) is 0 Å². The van der Waals surface area contributed by atoms with Crippen LogP contribution in [0.15, 0.2) is 35.5 Å². The zero-order chi connectivity index (χ0) is 16.3. The number of ketones is 1. The molecule has 2 aliphatic rings. The predicted octanol–water partition coefficient (Wildman–Crippen LogP) is 5.15. The van der Waals surface area contributed by atoms with Gasteiger partial charge in [0.2, 0.25) is 0 Å². The normalized spacial score (nSPS) is 34.1. The van der Waals surface area contributed by atoms with Crippen LogP contribution in [-0.4, -0.2) is 17.5 Å². The van der Waals surface area contributed by atoms with Crippen LogP contribution in [-0.2, 0) is 9.53 Å². The number of rotatable bonds is 1. The lowest BCUT2D eigenvalue weighted by Gasteiger charge is -2.16. The first kappa shape index (κ1) is 17.2. The molecule has 2 rings (SSSR count). The molecule has 1 saturated heterocycles. The minimum absolute atomic E-state index is 0.0419. The Bertz CT molecular complexity index is 512. The third-order valence-corrected chi connectivity index (χ3v) is 5.09. The number of Topliss-reactive ketones (excluding diaryl/α,β-unsaturated/α-hetero) is 1. The first-order chi connectivity index (χ1) is 10.3. The van der Waals surface area contributed by atoms with Gasteiger partial charge in [-0.1, -0.05) is 35.5 Å². The molecule has 3 atom stereocenters. The van der Waals surface area contributed by atoms with E-state index < -0.39 is 0 Å². The Morgan fingerprint density at radius 2 is 1.95 bits per heavy atom. The van der Waals surface area contributed by atoms with E-state index in [-0.39, 0.29) is 17.6 Å². The predicted molar refractivity (Wildman–Crippen MR) is 91.8 cm³/mol. The molecule has 0 amide bonds. The van der Waals surface area contributed by atoms with Crippen LogP contribution in [0.3, 0.4) is 0 Å². The fourth-order valence-electron chi connectivity index (χ4n) is 3.35. The van der Waals surface area contributed by atoms with E-state index in [1.807, 2.05) is 6.92 Å². The van der Waals surface area contributed by atoms with Gasteiger partial charge in [-0.15, -0.1) is 0 Å². The molecular formula is C20H30O2. The van der Waals surface area contributed by atoms with Crippen molar-refractivity contribution in [2.75, 3.05) is 0 Å². The SMILES string of the molecule is C=C(C)C1CC2OC2(C)CCC=C(C)CCC=C(C)CC1=O. The molecule has 1 heterocycles. The Morgan fingerprint density at radius 1 is 1.27 bits per heavy atom. The van der Waals surface area contributed by atoms with Gasteiger partial charge >= 0.3 is 0 Å². The zero-order valence-electron chi connectivity index (χ0n) is 14.6. The third-order valence-electron chi connectivity index (χ3n) is 5.09. The average molecular weight is 302 g/mol. The van der Waals surface area contributed by atoms with Crippen LogP contribution in [0, 0.1) is 5.92 Å². The summed E-state index contributed by atoms with van der Waals surface area (Å²) < 4.78 is 5.93. The van der Waals surface area contributed by atoms with Gasteiger partial charge < -0.3 is 4.74 Å². The molecule has 0 spiro atoms. The molecule has 0 aromatic carbocycles. The Morgan fingerprint density at radius 3 is 2.64 bits per heavy atom. The second kappa shape index (κ2) is 6.95. The minimum Gasteiger partial charge on any atom is -0.366 e. The molecule has 3 unspecified atom stereocenters. The van der Waals surface area contributed by atoms with Crippen molar-refractivity contribution < 1.29 is 9.53 Å². The summed E-state index contributed by atoms with van der Waals surface area (Å²) in [6, 6.07) is 0. The molecule has 0 saturated carbocycles. The fraction of sp³-hybridized carbons (Fsp3) is 0.650. The summed E-state index contributed by atoms with van der Waals surface area (Å²) in [7, 11) is 0. The van der Waals surface area contributed by atoms with E-state index >= 15 is 0 Å². The molecule has 1 fully saturated rings. The van der Waals surface area contributed by atoms with Crippen LogP contribution < -0.4 is 0 Å². The fourth-order valence-corrected chi connectivity index (χ4v) is 3.35. The monoisotopic (exact) mass is 302 g/mol.